The molecule has 15 heavy (non-hydrogen) atoms. The van der Waals surface area contributed by atoms with Crippen LogP contribution in [0.5, 0.6) is 0 Å². The number of aromatic nitrogens is 1. The van der Waals surface area contributed by atoms with Gasteiger partial charge in [-0.3, -0.25) is 4.98 Å². The van der Waals surface area contributed by atoms with Crippen LogP contribution < -0.4 is 5.32 Å². The average molecular weight is 204 g/mol. The Labute approximate surface area is 92.4 Å². The first-order valence-electron chi connectivity index (χ1n) is 5.55. The van der Waals surface area contributed by atoms with Gasteiger partial charge in [0.15, 0.2) is 0 Å². The van der Waals surface area contributed by atoms with Gasteiger partial charge in [0, 0.05) is 5.69 Å². The first-order chi connectivity index (χ1) is 7.27. The number of nitrogens with zero attached hydrogens (tertiary/aromatic N) is 1. The second-order valence-corrected chi connectivity index (χ2v) is 3.73. The fourth-order valence-electron chi connectivity index (χ4n) is 1.55. The van der Waals surface area contributed by atoms with Crippen LogP contribution in [0.4, 0.5) is 0 Å². The molecule has 1 rings (SSSR count). The lowest BCUT2D eigenvalue weighted by Crippen LogP contribution is -2.22. The lowest BCUT2D eigenvalue weighted by atomic mass is 10.1. The molecule has 0 aliphatic heterocycles. The largest absolute Gasteiger partial charge is 0.308 e. The molecule has 0 fully saturated rings. The molecule has 1 atom stereocenters. The van der Waals surface area contributed by atoms with E-state index in [2.05, 4.69) is 35.9 Å². The molecule has 0 saturated carbocycles. The van der Waals surface area contributed by atoms with Crippen molar-refractivity contribution in [3.63, 3.8) is 0 Å². The highest BCUT2D eigenvalue weighted by atomic mass is 14.9. The zero-order valence-electron chi connectivity index (χ0n) is 9.66. The van der Waals surface area contributed by atoms with Gasteiger partial charge in [0.1, 0.15) is 0 Å². The van der Waals surface area contributed by atoms with Crippen molar-refractivity contribution >= 4 is 0 Å². The predicted octanol–water partition coefficient (Wildman–Crippen LogP) is 3.01. The highest BCUT2D eigenvalue weighted by Crippen LogP contribution is 2.15. The van der Waals surface area contributed by atoms with Crippen molar-refractivity contribution in [2.45, 2.75) is 32.7 Å². The molecule has 2 heteroatoms. The maximum Gasteiger partial charge on any atom is 0.0579 e. The number of hydrogen-bond acceptors (Lipinski definition) is 2. The molecule has 0 bridgehead atoms. The highest BCUT2D eigenvalue weighted by Gasteiger charge is 2.09. The summed E-state index contributed by atoms with van der Waals surface area (Å²) in [5, 5.41) is 3.48. The Morgan fingerprint density at radius 1 is 1.53 bits per heavy atom. The monoisotopic (exact) mass is 204 g/mol. The Bertz CT molecular complexity index is 307. The fourth-order valence-corrected chi connectivity index (χ4v) is 1.55. The minimum Gasteiger partial charge on any atom is -0.308 e. The van der Waals surface area contributed by atoms with E-state index in [-0.39, 0.29) is 0 Å². The topological polar surface area (TPSA) is 24.9 Å². The van der Waals surface area contributed by atoms with E-state index in [1.165, 1.54) is 0 Å². The lowest BCUT2D eigenvalue weighted by molar-refractivity contribution is 0.524. The summed E-state index contributed by atoms with van der Waals surface area (Å²) in [5.74, 6) is 0. The summed E-state index contributed by atoms with van der Waals surface area (Å²) >= 11 is 0. The molecule has 0 aromatic carbocycles. The van der Waals surface area contributed by atoms with Gasteiger partial charge in [-0.25, -0.2) is 0 Å². The molecular weight excluding hydrogens is 184 g/mol. The third-order valence-electron chi connectivity index (χ3n) is 2.31. The van der Waals surface area contributed by atoms with E-state index < -0.39 is 0 Å². The van der Waals surface area contributed by atoms with E-state index in [0.29, 0.717) is 6.04 Å². The Morgan fingerprint density at radius 3 is 2.93 bits per heavy atom. The second kappa shape index (κ2) is 6.36. The summed E-state index contributed by atoms with van der Waals surface area (Å²) in [6.45, 7) is 9.00. The van der Waals surface area contributed by atoms with Crippen molar-refractivity contribution in [3.8, 4) is 0 Å². The van der Waals surface area contributed by atoms with Crippen LogP contribution in [0, 0.1) is 6.92 Å². The van der Waals surface area contributed by atoms with Gasteiger partial charge in [-0.15, -0.1) is 6.58 Å². The Balaban J connectivity index is 2.73. The van der Waals surface area contributed by atoms with Gasteiger partial charge in [0.2, 0.25) is 0 Å². The predicted molar refractivity (Wildman–Crippen MR) is 64.8 cm³/mol. The van der Waals surface area contributed by atoms with Crippen molar-refractivity contribution in [1.82, 2.24) is 10.3 Å². The summed E-state index contributed by atoms with van der Waals surface area (Å²) in [6, 6.07) is 6.46. The maximum atomic E-state index is 4.53. The zero-order valence-corrected chi connectivity index (χ0v) is 9.66. The minimum atomic E-state index is 0.308. The first-order valence-corrected chi connectivity index (χ1v) is 5.55. The number of pyridine rings is 1. The van der Waals surface area contributed by atoms with Crippen LogP contribution in [-0.4, -0.2) is 11.5 Å². The molecule has 1 aromatic heterocycles. The molecule has 0 amide bonds. The third-order valence-corrected chi connectivity index (χ3v) is 2.31. The molecule has 0 aliphatic rings. The highest BCUT2D eigenvalue weighted by molar-refractivity contribution is 5.14. The summed E-state index contributed by atoms with van der Waals surface area (Å²) in [6.07, 6.45) is 4.01. The van der Waals surface area contributed by atoms with Gasteiger partial charge in [-0.05, 0) is 38.4 Å². The van der Waals surface area contributed by atoms with E-state index >= 15 is 0 Å². The Kier molecular flexibility index (Phi) is 5.05. The van der Waals surface area contributed by atoms with Crippen LogP contribution in [0.1, 0.15) is 37.2 Å². The van der Waals surface area contributed by atoms with Crippen molar-refractivity contribution in [3.05, 3.63) is 42.2 Å². The van der Waals surface area contributed by atoms with E-state index in [0.717, 1.165) is 30.8 Å². The Morgan fingerprint density at radius 2 is 2.33 bits per heavy atom. The number of aryl methyl sites for hydroxylation is 1. The summed E-state index contributed by atoms with van der Waals surface area (Å²) in [7, 11) is 0. The number of rotatable bonds is 6. The molecule has 1 aromatic rings. The maximum absolute atomic E-state index is 4.53. The van der Waals surface area contributed by atoms with Gasteiger partial charge in [0.05, 0.1) is 11.7 Å². The van der Waals surface area contributed by atoms with Gasteiger partial charge in [-0.2, -0.15) is 0 Å². The quantitative estimate of drug-likeness (QED) is 0.720. The molecule has 1 heterocycles. The molecular formula is C13H20N2. The number of nitrogens with one attached hydrogen (secondary N) is 1. The van der Waals surface area contributed by atoms with Crippen molar-refractivity contribution < 1.29 is 0 Å². The van der Waals surface area contributed by atoms with E-state index in [1.54, 1.807) is 0 Å². The normalized spacial score (nSPS) is 12.4. The summed E-state index contributed by atoms with van der Waals surface area (Å²) in [5.41, 5.74) is 2.18. The van der Waals surface area contributed by atoms with Crippen LogP contribution >= 0.6 is 0 Å². The van der Waals surface area contributed by atoms with Crippen LogP contribution in [0.3, 0.4) is 0 Å². The van der Waals surface area contributed by atoms with Crippen LogP contribution in [0.25, 0.3) is 0 Å². The molecule has 0 saturated heterocycles. The summed E-state index contributed by atoms with van der Waals surface area (Å²) in [4.78, 5) is 4.53. The van der Waals surface area contributed by atoms with Gasteiger partial charge >= 0.3 is 0 Å². The van der Waals surface area contributed by atoms with Gasteiger partial charge in [-0.1, -0.05) is 19.1 Å². The zero-order chi connectivity index (χ0) is 11.1. The van der Waals surface area contributed by atoms with E-state index in [1.807, 2.05) is 19.1 Å². The first kappa shape index (κ1) is 11.9. The third kappa shape index (κ3) is 3.84. The molecule has 1 unspecified atom stereocenters. The number of hydrogen-bond donors (Lipinski definition) is 1. The van der Waals surface area contributed by atoms with Crippen LogP contribution in [-0.2, 0) is 0 Å². The Hall–Kier alpha value is -1.15. The van der Waals surface area contributed by atoms with Gasteiger partial charge < -0.3 is 5.32 Å². The summed E-state index contributed by atoms with van der Waals surface area (Å²) < 4.78 is 0. The van der Waals surface area contributed by atoms with Crippen molar-refractivity contribution in [2.75, 3.05) is 6.54 Å². The molecule has 82 valence electrons. The molecule has 0 aliphatic carbocycles. The lowest BCUT2D eigenvalue weighted by Gasteiger charge is -2.16. The fraction of sp³-hybridized carbons (Fsp3) is 0.462. The van der Waals surface area contributed by atoms with Crippen LogP contribution in [0.15, 0.2) is 30.9 Å². The van der Waals surface area contributed by atoms with Crippen molar-refractivity contribution in [1.29, 1.82) is 0 Å². The van der Waals surface area contributed by atoms with Crippen molar-refractivity contribution in [2.24, 2.45) is 0 Å². The molecule has 0 radical (unpaired) electrons. The second-order valence-electron chi connectivity index (χ2n) is 3.73. The molecule has 1 N–H and O–H groups in total. The molecule has 0 spiro atoms. The SMILES string of the molecule is C=CCC(NCCC)c1cccc(C)n1. The standard InChI is InChI=1S/C13H20N2/c1-4-7-12(14-10-5-2)13-9-6-8-11(3)15-13/h4,6,8-9,12,14H,1,5,7,10H2,2-3H3. The van der Waals surface area contributed by atoms with E-state index in [9.17, 15) is 0 Å². The van der Waals surface area contributed by atoms with Gasteiger partial charge in [0.25, 0.3) is 0 Å². The average Bonchev–Trinajstić information content (AvgIpc) is 2.24. The van der Waals surface area contributed by atoms with Crippen LogP contribution in [0.2, 0.25) is 0 Å². The van der Waals surface area contributed by atoms with E-state index in [4.69, 9.17) is 0 Å². The molecule has 2 nitrogen and oxygen atoms in total. The smallest absolute Gasteiger partial charge is 0.0579 e. The minimum absolute atomic E-state index is 0.308.